The van der Waals surface area contributed by atoms with Crippen LogP contribution in [0.2, 0.25) is 0 Å². The Kier molecular flexibility index (Phi) is 3.43. The van der Waals surface area contributed by atoms with Gasteiger partial charge in [-0.1, -0.05) is 26.0 Å². The Morgan fingerprint density at radius 3 is 2.55 bits per heavy atom. The van der Waals surface area contributed by atoms with Gasteiger partial charge in [0.05, 0.1) is 23.3 Å². The summed E-state index contributed by atoms with van der Waals surface area (Å²) in [6.45, 7) is 4.15. The van der Waals surface area contributed by atoms with Gasteiger partial charge in [-0.05, 0) is 43.2 Å². The predicted molar refractivity (Wildman–Crippen MR) is 79.9 cm³/mol. The molecule has 3 rings (SSSR count). The van der Waals surface area contributed by atoms with E-state index >= 15 is 0 Å². The number of nitrogens with zero attached hydrogens (tertiary/aromatic N) is 2. The maximum absolute atomic E-state index is 10.1. The number of fused-ring (bicyclic) bond motifs is 1. The van der Waals surface area contributed by atoms with E-state index in [4.69, 9.17) is 4.98 Å². The van der Waals surface area contributed by atoms with Gasteiger partial charge in [0.2, 0.25) is 0 Å². The van der Waals surface area contributed by atoms with Crippen molar-refractivity contribution in [2.24, 2.45) is 0 Å². The van der Waals surface area contributed by atoms with Crippen LogP contribution < -0.4 is 0 Å². The van der Waals surface area contributed by atoms with Crippen molar-refractivity contribution < 1.29 is 5.11 Å². The van der Waals surface area contributed by atoms with E-state index in [0.29, 0.717) is 11.7 Å². The van der Waals surface area contributed by atoms with Gasteiger partial charge in [0.15, 0.2) is 0 Å². The van der Waals surface area contributed by atoms with Gasteiger partial charge in [-0.3, -0.25) is 4.98 Å². The van der Waals surface area contributed by atoms with Crippen LogP contribution in [0.1, 0.15) is 49.6 Å². The van der Waals surface area contributed by atoms with Crippen molar-refractivity contribution in [2.75, 3.05) is 0 Å². The van der Waals surface area contributed by atoms with Crippen molar-refractivity contribution >= 4 is 0 Å². The monoisotopic (exact) mass is 268 g/mol. The first-order valence-corrected chi connectivity index (χ1v) is 7.33. The normalized spacial score (nSPS) is 14.3. The molecule has 0 saturated heterocycles. The molecule has 3 heteroatoms. The largest absolute Gasteiger partial charge is 0.508 e. The smallest absolute Gasteiger partial charge is 0.119 e. The Bertz CT molecular complexity index is 635. The first-order chi connectivity index (χ1) is 9.65. The number of hydrogen-bond acceptors (Lipinski definition) is 3. The zero-order valence-corrected chi connectivity index (χ0v) is 12.1. The van der Waals surface area contributed by atoms with Crippen LogP contribution in [0.3, 0.4) is 0 Å². The zero-order chi connectivity index (χ0) is 14.1. The van der Waals surface area contributed by atoms with E-state index in [1.807, 2.05) is 18.3 Å². The maximum Gasteiger partial charge on any atom is 0.119 e. The number of aromatic nitrogens is 2. The third-order valence-corrected chi connectivity index (χ3v) is 3.96. The van der Waals surface area contributed by atoms with Crippen molar-refractivity contribution in [3.63, 3.8) is 0 Å². The Labute approximate surface area is 119 Å². The third kappa shape index (κ3) is 2.40. The van der Waals surface area contributed by atoms with Crippen LogP contribution in [-0.2, 0) is 12.8 Å². The molecule has 1 aromatic carbocycles. The van der Waals surface area contributed by atoms with E-state index in [-0.39, 0.29) is 0 Å². The number of aromatic hydroxyl groups is 1. The van der Waals surface area contributed by atoms with Crippen molar-refractivity contribution in [3.8, 4) is 17.0 Å². The lowest BCUT2D eigenvalue weighted by Gasteiger charge is -2.15. The van der Waals surface area contributed by atoms with Gasteiger partial charge in [-0.25, -0.2) is 4.98 Å². The summed E-state index contributed by atoms with van der Waals surface area (Å²) in [6, 6.07) is 5.80. The van der Waals surface area contributed by atoms with Crippen LogP contribution in [0.15, 0.2) is 24.4 Å². The first kappa shape index (κ1) is 13.1. The van der Waals surface area contributed by atoms with Gasteiger partial charge >= 0.3 is 0 Å². The van der Waals surface area contributed by atoms with E-state index in [1.165, 1.54) is 12.8 Å². The molecule has 0 radical (unpaired) electrons. The lowest BCUT2D eigenvalue weighted by molar-refractivity contribution is 0.465. The summed E-state index contributed by atoms with van der Waals surface area (Å²) in [4.78, 5) is 9.26. The van der Waals surface area contributed by atoms with Crippen LogP contribution in [0.25, 0.3) is 11.3 Å². The predicted octanol–water partition coefficient (Wildman–Crippen LogP) is 3.85. The molecule has 1 heterocycles. The summed E-state index contributed by atoms with van der Waals surface area (Å²) >= 11 is 0. The Balaban J connectivity index is 1.99. The highest BCUT2D eigenvalue weighted by molar-refractivity contribution is 5.62. The fraction of sp³-hybridized carbons (Fsp3) is 0.412. The number of hydrogen-bond donors (Lipinski definition) is 1. The highest BCUT2D eigenvalue weighted by atomic mass is 16.3. The molecule has 2 aromatic rings. The summed E-state index contributed by atoms with van der Waals surface area (Å²) < 4.78 is 0. The second-order valence-electron chi connectivity index (χ2n) is 5.78. The minimum atomic E-state index is 0.318. The molecule has 0 aliphatic heterocycles. The molecule has 1 N–H and O–H groups in total. The number of phenols is 1. The van der Waals surface area contributed by atoms with Gasteiger partial charge in [0.25, 0.3) is 0 Å². The molecule has 1 aliphatic rings. The summed E-state index contributed by atoms with van der Waals surface area (Å²) in [7, 11) is 0. The lowest BCUT2D eigenvalue weighted by Crippen LogP contribution is -2.08. The van der Waals surface area contributed by atoms with Crippen LogP contribution in [0.5, 0.6) is 5.75 Å². The average Bonchev–Trinajstić information content (AvgIpc) is 2.46. The van der Waals surface area contributed by atoms with Crippen LogP contribution >= 0.6 is 0 Å². The van der Waals surface area contributed by atoms with Crippen molar-refractivity contribution in [1.29, 1.82) is 0 Å². The molecule has 20 heavy (non-hydrogen) atoms. The molecule has 3 nitrogen and oxygen atoms in total. The van der Waals surface area contributed by atoms with Crippen LogP contribution in [0.4, 0.5) is 0 Å². The van der Waals surface area contributed by atoms with Gasteiger partial charge < -0.3 is 5.11 Å². The van der Waals surface area contributed by atoms with Crippen molar-refractivity contribution in [3.05, 3.63) is 41.3 Å². The van der Waals surface area contributed by atoms with E-state index in [2.05, 4.69) is 18.8 Å². The molecule has 0 fully saturated rings. The minimum Gasteiger partial charge on any atom is -0.508 e. The SMILES string of the molecule is CC(C)c1ccc(-c2cnc3c(n2)CCCC3)cc1O. The summed E-state index contributed by atoms with van der Waals surface area (Å²) in [5.41, 5.74) is 5.04. The van der Waals surface area contributed by atoms with Crippen LogP contribution in [0, 0.1) is 0 Å². The van der Waals surface area contributed by atoms with Crippen molar-refractivity contribution in [2.45, 2.75) is 45.4 Å². The maximum atomic E-state index is 10.1. The van der Waals surface area contributed by atoms with Gasteiger partial charge in [-0.15, -0.1) is 0 Å². The Hall–Kier alpha value is -1.90. The number of rotatable bonds is 2. The molecule has 1 aromatic heterocycles. The zero-order valence-electron chi connectivity index (χ0n) is 12.1. The average molecular weight is 268 g/mol. The topological polar surface area (TPSA) is 46.0 Å². The molecule has 0 unspecified atom stereocenters. The van der Waals surface area contributed by atoms with Gasteiger partial charge in [0.1, 0.15) is 5.75 Å². The van der Waals surface area contributed by atoms with Gasteiger partial charge in [0, 0.05) is 5.56 Å². The quantitative estimate of drug-likeness (QED) is 0.899. The molecule has 0 saturated carbocycles. The lowest BCUT2D eigenvalue weighted by atomic mass is 9.98. The van der Waals surface area contributed by atoms with E-state index in [9.17, 15) is 5.11 Å². The van der Waals surface area contributed by atoms with Crippen LogP contribution in [-0.4, -0.2) is 15.1 Å². The fourth-order valence-electron chi connectivity index (χ4n) is 2.78. The molecular formula is C17H20N2O. The van der Waals surface area contributed by atoms with Crippen molar-refractivity contribution in [1.82, 2.24) is 9.97 Å². The second-order valence-corrected chi connectivity index (χ2v) is 5.78. The highest BCUT2D eigenvalue weighted by Gasteiger charge is 2.14. The highest BCUT2D eigenvalue weighted by Crippen LogP contribution is 2.30. The summed E-state index contributed by atoms with van der Waals surface area (Å²) in [5, 5.41) is 10.1. The Morgan fingerprint density at radius 2 is 1.85 bits per heavy atom. The minimum absolute atomic E-state index is 0.318. The Morgan fingerprint density at radius 1 is 1.10 bits per heavy atom. The molecular weight excluding hydrogens is 248 g/mol. The molecule has 0 bridgehead atoms. The second kappa shape index (κ2) is 5.23. The number of aryl methyl sites for hydroxylation is 2. The third-order valence-electron chi connectivity index (χ3n) is 3.96. The number of benzene rings is 1. The molecule has 104 valence electrons. The van der Waals surface area contributed by atoms with E-state index < -0.39 is 0 Å². The summed E-state index contributed by atoms with van der Waals surface area (Å²) in [5.74, 6) is 0.663. The molecule has 0 atom stereocenters. The number of phenolic OH excluding ortho intramolecular Hbond substituents is 1. The van der Waals surface area contributed by atoms with E-state index in [0.717, 1.165) is 41.1 Å². The first-order valence-electron chi connectivity index (χ1n) is 7.33. The fourth-order valence-corrected chi connectivity index (χ4v) is 2.78. The molecule has 0 spiro atoms. The van der Waals surface area contributed by atoms with Gasteiger partial charge in [-0.2, -0.15) is 0 Å². The summed E-state index contributed by atoms with van der Waals surface area (Å²) in [6.07, 6.45) is 6.30. The standard InChI is InChI=1S/C17H20N2O/c1-11(2)13-8-7-12(9-17(13)20)16-10-18-14-5-3-4-6-15(14)19-16/h7-11,20H,3-6H2,1-2H3. The van der Waals surface area contributed by atoms with E-state index in [1.54, 1.807) is 6.07 Å². The molecule has 1 aliphatic carbocycles. The molecule has 0 amide bonds.